The van der Waals surface area contributed by atoms with Crippen LogP contribution in [-0.4, -0.2) is 9.91 Å². The Balaban J connectivity index is 3.39. The molecule has 0 spiro atoms. The number of aromatic nitrogens is 1. The van der Waals surface area contributed by atoms with Crippen molar-refractivity contribution in [3.05, 3.63) is 27.8 Å². The van der Waals surface area contributed by atoms with Crippen LogP contribution in [0.2, 0.25) is 0 Å². The van der Waals surface area contributed by atoms with Crippen LogP contribution in [0, 0.1) is 16.1 Å². The second-order valence-corrected chi connectivity index (χ2v) is 2.33. The molecule has 0 fully saturated rings. The van der Waals surface area contributed by atoms with Gasteiger partial charge >= 0.3 is 0 Å². The van der Waals surface area contributed by atoms with Gasteiger partial charge in [-0.3, -0.25) is 10.1 Å². The van der Waals surface area contributed by atoms with Gasteiger partial charge < -0.3 is 5.73 Å². The molecule has 0 aromatic carbocycles. The first-order valence-corrected chi connectivity index (χ1v) is 3.32. The molecule has 0 bridgehead atoms. The summed E-state index contributed by atoms with van der Waals surface area (Å²) in [4.78, 5) is 11.9. The minimum absolute atomic E-state index is 0.518. The van der Waals surface area contributed by atoms with Gasteiger partial charge in [-0.15, -0.1) is 0 Å². The van der Waals surface area contributed by atoms with Crippen LogP contribution in [0.25, 0.3) is 0 Å². The van der Waals surface area contributed by atoms with Crippen molar-refractivity contribution in [3.8, 4) is 0 Å². The molecule has 1 aromatic rings. The Morgan fingerprint density at radius 3 is 2.57 bits per heavy atom. The number of rotatable bonds is 2. The summed E-state index contributed by atoms with van der Waals surface area (Å²) in [5.41, 5.74) is 2.09. The second-order valence-electron chi connectivity index (χ2n) is 2.33. The zero-order valence-electron chi connectivity index (χ0n) is 6.58. The zero-order chi connectivity index (χ0) is 10.9. The van der Waals surface area contributed by atoms with E-state index in [0.29, 0.717) is 6.07 Å². The summed E-state index contributed by atoms with van der Waals surface area (Å²) in [6.45, 7) is 0. The SMILES string of the molecule is Nc1cc([N+](=O)[O-])c(C(F)F)nc1F. The molecule has 1 rings (SSSR count). The number of nitrogens with two attached hydrogens (primary N) is 1. The van der Waals surface area contributed by atoms with E-state index in [0.717, 1.165) is 0 Å². The van der Waals surface area contributed by atoms with Crippen molar-refractivity contribution in [1.82, 2.24) is 4.98 Å². The first kappa shape index (κ1) is 10.2. The minimum Gasteiger partial charge on any atom is -0.395 e. The molecule has 8 heteroatoms. The van der Waals surface area contributed by atoms with E-state index < -0.39 is 34.4 Å². The molecular weight excluding hydrogens is 203 g/mol. The molecule has 0 amide bonds. The number of alkyl halides is 2. The van der Waals surface area contributed by atoms with Gasteiger partial charge in [-0.1, -0.05) is 0 Å². The largest absolute Gasteiger partial charge is 0.395 e. The first-order chi connectivity index (χ1) is 6.43. The first-order valence-electron chi connectivity index (χ1n) is 3.32. The average molecular weight is 207 g/mol. The maximum Gasteiger partial charge on any atom is 0.298 e. The highest BCUT2D eigenvalue weighted by molar-refractivity contribution is 5.49. The Morgan fingerprint density at radius 1 is 1.57 bits per heavy atom. The summed E-state index contributed by atoms with van der Waals surface area (Å²) in [6.07, 6.45) is -3.22. The molecule has 14 heavy (non-hydrogen) atoms. The molecule has 0 aliphatic rings. The summed E-state index contributed by atoms with van der Waals surface area (Å²) in [7, 11) is 0. The Morgan fingerprint density at radius 2 is 2.14 bits per heavy atom. The fraction of sp³-hybridized carbons (Fsp3) is 0.167. The summed E-state index contributed by atoms with van der Waals surface area (Å²) < 4.78 is 36.8. The van der Waals surface area contributed by atoms with E-state index >= 15 is 0 Å². The van der Waals surface area contributed by atoms with Crippen LogP contribution in [0.3, 0.4) is 0 Å². The standard InChI is InChI=1S/C6H4F3N3O2/c7-5(8)4-3(12(13)14)1-2(10)6(9)11-4/h1,5H,10H2. The third-order valence-corrected chi connectivity index (χ3v) is 1.41. The summed E-state index contributed by atoms with van der Waals surface area (Å²) >= 11 is 0. The molecule has 2 N–H and O–H groups in total. The molecular formula is C6H4F3N3O2. The highest BCUT2D eigenvalue weighted by Crippen LogP contribution is 2.29. The van der Waals surface area contributed by atoms with Crippen LogP contribution in [0.1, 0.15) is 12.1 Å². The summed E-state index contributed by atoms with van der Waals surface area (Å²) in [6, 6.07) is 0.518. The summed E-state index contributed by atoms with van der Waals surface area (Å²) in [5.74, 6) is -1.34. The van der Waals surface area contributed by atoms with Crippen molar-refractivity contribution in [2.45, 2.75) is 6.43 Å². The van der Waals surface area contributed by atoms with Crippen molar-refractivity contribution in [2.75, 3.05) is 5.73 Å². The number of hydrogen-bond acceptors (Lipinski definition) is 4. The van der Waals surface area contributed by atoms with Gasteiger partial charge in [0.2, 0.25) is 5.95 Å². The van der Waals surface area contributed by atoms with Crippen LogP contribution in [0.15, 0.2) is 6.07 Å². The van der Waals surface area contributed by atoms with Crippen LogP contribution in [0.4, 0.5) is 24.5 Å². The smallest absolute Gasteiger partial charge is 0.298 e. The maximum absolute atomic E-state index is 12.6. The molecule has 5 nitrogen and oxygen atoms in total. The monoisotopic (exact) mass is 207 g/mol. The molecule has 0 saturated carbocycles. The van der Waals surface area contributed by atoms with Crippen molar-refractivity contribution < 1.29 is 18.1 Å². The van der Waals surface area contributed by atoms with E-state index in [-0.39, 0.29) is 0 Å². The molecule has 0 aliphatic heterocycles. The molecule has 0 atom stereocenters. The average Bonchev–Trinajstić information content (AvgIpc) is 2.08. The zero-order valence-corrected chi connectivity index (χ0v) is 6.58. The number of hydrogen-bond donors (Lipinski definition) is 1. The van der Waals surface area contributed by atoms with Gasteiger partial charge in [0.05, 0.1) is 10.6 Å². The van der Waals surface area contributed by atoms with Crippen LogP contribution in [-0.2, 0) is 0 Å². The van der Waals surface area contributed by atoms with Gasteiger partial charge in [0, 0.05) is 6.07 Å². The molecule has 1 heterocycles. The topological polar surface area (TPSA) is 82.0 Å². The number of nitrogens with zero attached hydrogens (tertiary/aromatic N) is 2. The molecule has 76 valence electrons. The predicted molar refractivity (Wildman–Crippen MR) is 40.2 cm³/mol. The Bertz CT molecular complexity index is 383. The van der Waals surface area contributed by atoms with Crippen molar-refractivity contribution in [1.29, 1.82) is 0 Å². The van der Waals surface area contributed by atoms with E-state index in [1.165, 1.54) is 0 Å². The fourth-order valence-electron chi connectivity index (χ4n) is 0.815. The maximum atomic E-state index is 12.6. The third kappa shape index (κ3) is 1.73. The lowest BCUT2D eigenvalue weighted by Gasteiger charge is -2.02. The van der Waals surface area contributed by atoms with Crippen molar-refractivity contribution in [2.24, 2.45) is 0 Å². The van der Waals surface area contributed by atoms with Crippen LogP contribution < -0.4 is 5.73 Å². The van der Waals surface area contributed by atoms with Gasteiger partial charge in [-0.2, -0.15) is 4.39 Å². The van der Waals surface area contributed by atoms with E-state index in [1.807, 2.05) is 0 Å². The van der Waals surface area contributed by atoms with Crippen molar-refractivity contribution in [3.63, 3.8) is 0 Å². The molecule has 0 unspecified atom stereocenters. The highest BCUT2D eigenvalue weighted by Gasteiger charge is 2.25. The lowest BCUT2D eigenvalue weighted by molar-refractivity contribution is -0.386. The summed E-state index contributed by atoms with van der Waals surface area (Å²) in [5, 5.41) is 10.2. The van der Waals surface area contributed by atoms with Gasteiger partial charge in [0.15, 0.2) is 5.69 Å². The van der Waals surface area contributed by atoms with Gasteiger partial charge in [-0.05, 0) is 0 Å². The Labute approximate surface area is 75.5 Å². The number of halogens is 3. The number of nitro groups is 1. The third-order valence-electron chi connectivity index (χ3n) is 1.41. The Kier molecular flexibility index (Phi) is 2.54. The number of anilines is 1. The predicted octanol–water partition coefficient (Wildman–Crippen LogP) is 1.65. The van der Waals surface area contributed by atoms with Gasteiger partial charge in [0.1, 0.15) is 0 Å². The van der Waals surface area contributed by atoms with E-state index in [4.69, 9.17) is 5.73 Å². The molecule has 0 radical (unpaired) electrons. The lowest BCUT2D eigenvalue weighted by atomic mass is 10.3. The quantitative estimate of drug-likeness (QED) is 0.454. The molecule has 0 saturated heterocycles. The minimum atomic E-state index is -3.22. The highest BCUT2D eigenvalue weighted by atomic mass is 19.3. The number of pyridine rings is 1. The van der Waals surface area contributed by atoms with Crippen molar-refractivity contribution >= 4 is 11.4 Å². The molecule has 1 aromatic heterocycles. The number of nitrogen functional groups attached to an aromatic ring is 1. The van der Waals surface area contributed by atoms with Gasteiger partial charge in [-0.25, -0.2) is 13.8 Å². The van der Waals surface area contributed by atoms with E-state index in [9.17, 15) is 23.3 Å². The van der Waals surface area contributed by atoms with E-state index in [1.54, 1.807) is 0 Å². The second kappa shape index (κ2) is 3.48. The van der Waals surface area contributed by atoms with E-state index in [2.05, 4.69) is 4.98 Å². The fourth-order valence-corrected chi connectivity index (χ4v) is 0.815. The van der Waals surface area contributed by atoms with Crippen LogP contribution >= 0.6 is 0 Å². The van der Waals surface area contributed by atoms with Gasteiger partial charge in [0.25, 0.3) is 12.1 Å². The normalized spacial score (nSPS) is 10.6. The lowest BCUT2D eigenvalue weighted by Crippen LogP contribution is -2.04. The van der Waals surface area contributed by atoms with Crippen LogP contribution in [0.5, 0.6) is 0 Å². The Hall–Kier alpha value is -1.86. The molecule has 0 aliphatic carbocycles.